The molecule has 0 spiro atoms. The Morgan fingerprint density at radius 3 is 2.95 bits per heavy atom. The lowest BCUT2D eigenvalue weighted by Crippen LogP contribution is -2.47. The van der Waals surface area contributed by atoms with Crippen molar-refractivity contribution in [3.63, 3.8) is 0 Å². The summed E-state index contributed by atoms with van der Waals surface area (Å²) >= 11 is 13.4. The Hall–Kier alpha value is -0.910. The summed E-state index contributed by atoms with van der Waals surface area (Å²) in [7, 11) is 0. The number of nitrogens with zero attached hydrogens (tertiary/aromatic N) is 1. The van der Waals surface area contributed by atoms with Gasteiger partial charge in [0, 0.05) is 17.2 Å². The number of hydrogen-bond donors (Lipinski definition) is 0. The first-order valence-corrected chi connectivity index (χ1v) is 8.28. The normalized spacial score (nSPS) is 27.9. The SMILES string of the molecule is C[C@@]12CCC(=O)N1[C@@H](C(=O)Oc1ccc(Cl)cc1Cl)CS2. The molecule has 0 bridgehead atoms. The smallest absolute Gasteiger partial charge is 0.335 e. The quantitative estimate of drug-likeness (QED) is 0.609. The van der Waals surface area contributed by atoms with Crippen molar-refractivity contribution in [3.8, 4) is 5.75 Å². The van der Waals surface area contributed by atoms with Crippen molar-refractivity contribution in [1.82, 2.24) is 4.90 Å². The van der Waals surface area contributed by atoms with Gasteiger partial charge in [-0.25, -0.2) is 4.79 Å². The van der Waals surface area contributed by atoms with Gasteiger partial charge in [-0.05, 0) is 31.5 Å². The molecule has 0 saturated carbocycles. The summed E-state index contributed by atoms with van der Waals surface area (Å²) in [5.41, 5.74) is 0. The Bertz CT molecular complexity index is 624. The van der Waals surface area contributed by atoms with Crippen LogP contribution in [0.2, 0.25) is 10.0 Å². The molecule has 0 aliphatic carbocycles. The number of esters is 1. The molecule has 2 saturated heterocycles. The van der Waals surface area contributed by atoms with E-state index in [1.54, 1.807) is 28.8 Å². The van der Waals surface area contributed by atoms with Crippen LogP contribution in [0.1, 0.15) is 19.8 Å². The van der Waals surface area contributed by atoms with E-state index in [-0.39, 0.29) is 21.6 Å². The van der Waals surface area contributed by atoms with Gasteiger partial charge in [0.15, 0.2) is 0 Å². The van der Waals surface area contributed by atoms with Crippen LogP contribution in [0.25, 0.3) is 0 Å². The minimum Gasteiger partial charge on any atom is -0.423 e. The average molecular weight is 346 g/mol. The van der Waals surface area contributed by atoms with Crippen LogP contribution >= 0.6 is 35.0 Å². The minimum absolute atomic E-state index is 0.00616. The number of carbonyl (C=O) groups is 2. The first kappa shape index (κ1) is 15.0. The highest BCUT2D eigenvalue weighted by molar-refractivity contribution is 8.01. The highest BCUT2D eigenvalue weighted by Crippen LogP contribution is 2.47. The zero-order chi connectivity index (χ0) is 15.2. The molecule has 2 fully saturated rings. The van der Waals surface area contributed by atoms with Gasteiger partial charge in [0.05, 0.1) is 9.89 Å². The maximum absolute atomic E-state index is 12.4. The van der Waals surface area contributed by atoms with E-state index in [0.29, 0.717) is 17.2 Å². The van der Waals surface area contributed by atoms with E-state index in [0.717, 1.165) is 6.42 Å². The minimum atomic E-state index is -0.554. The van der Waals surface area contributed by atoms with Crippen molar-refractivity contribution >= 4 is 46.8 Å². The summed E-state index contributed by atoms with van der Waals surface area (Å²) in [4.78, 5) is 25.7. The van der Waals surface area contributed by atoms with Crippen molar-refractivity contribution in [2.75, 3.05) is 5.75 Å². The maximum atomic E-state index is 12.4. The lowest BCUT2D eigenvalue weighted by atomic mass is 10.2. The van der Waals surface area contributed by atoms with Crippen molar-refractivity contribution in [1.29, 1.82) is 0 Å². The third-order valence-corrected chi connectivity index (χ3v) is 5.86. The van der Waals surface area contributed by atoms with Crippen molar-refractivity contribution in [2.24, 2.45) is 0 Å². The fourth-order valence-electron chi connectivity index (χ4n) is 2.73. The predicted molar refractivity (Wildman–Crippen MR) is 82.8 cm³/mol. The highest BCUT2D eigenvalue weighted by atomic mass is 35.5. The molecule has 1 amide bonds. The van der Waals surface area contributed by atoms with Crippen LogP contribution < -0.4 is 4.74 Å². The monoisotopic (exact) mass is 345 g/mol. The standard InChI is InChI=1S/C14H13Cl2NO3S/c1-14-5-4-12(18)17(14)10(7-21-14)13(19)20-11-3-2-8(15)6-9(11)16/h2-3,6,10H,4-5,7H2,1H3/t10-,14-/m1/s1. The van der Waals surface area contributed by atoms with Gasteiger partial charge in [-0.1, -0.05) is 23.2 Å². The van der Waals surface area contributed by atoms with Crippen LogP contribution in [0, 0.1) is 0 Å². The van der Waals surface area contributed by atoms with Gasteiger partial charge < -0.3 is 9.64 Å². The molecule has 2 aliphatic rings. The van der Waals surface area contributed by atoms with Crippen LogP contribution in [0.5, 0.6) is 5.75 Å². The number of halogens is 2. The van der Waals surface area contributed by atoms with Crippen molar-refractivity contribution < 1.29 is 14.3 Å². The van der Waals surface area contributed by atoms with Crippen LogP contribution in [0.3, 0.4) is 0 Å². The van der Waals surface area contributed by atoms with E-state index in [4.69, 9.17) is 27.9 Å². The van der Waals surface area contributed by atoms with Crippen LogP contribution in [-0.4, -0.2) is 33.4 Å². The average Bonchev–Trinajstić information content (AvgIpc) is 2.90. The molecular formula is C14H13Cl2NO3S. The fraction of sp³-hybridized carbons (Fsp3) is 0.429. The second-order valence-corrected chi connectivity index (χ2v) is 7.61. The molecule has 2 heterocycles. The molecule has 0 aromatic heterocycles. The lowest BCUT2D eigenvalue weighted by molar-refractivity contribution is -0.146. The number of ether oxygens (including phenoxy) is 1. The van der Waals surface area contributed by atoms with Gasteiger partial charge in [-0.3, -0.25) is 4.79 Å². The maximum Gasteiger partial charge on any atom is 0.335 e. The van der Waals surface area contributed by atoms with Gasteiger partial charge in [0.25, 0.3) is 0 Å². The van der Waals surface area contributed by atoms with Crippen molar-refractivity contribution in [2.45, 2.75) is 30.7 Å². The number of fused-ring (bicyclic) bond motifs is 1. The fourth-order valence-corrected chi connectivity index (χ4v) is 4.59. The summed E-state index contributed by atoms with van der Waals surface area (Å²) in [6, 6.07) is 4.11. The van der Waals surface area contributed by atoms with Crippen LogP contribution in [0.15, 0.2) is 18.2 Å². The van der Waals surface area contributed by atoms with Gasteiger partial charge in [0.1, 0.15) is 11.8 Å². The Balaban J connectivity index is 1.78. The number of rotatable bonds is 2. The first-order valence-electron chi connectivity index (χ1n) is 6.53. The van der Waals surface area contributed by atoms with E-state index in [9.17, 15) is 9.59 Å². The molecule has 2 aliphatic heterocycles. The Labute approximate surface area is 136 Å². The number of carbonyl (C=O) groups excluding carboxylic acids is 2. The van der Waals surface area contributed by atoms with E-state index in [1.807, 2.05) is 6.92 Å². The molecule has 0 unspecified atom stereocenters. The Morgan fingerprint density at radius 2 is 2.24 bits per heavy atom. The van der Waals surface area contributed by atoms with E-state index in [1.165, 1.54) is 6.07 Å². The zero-order valence-corrected chi connectivity index (χ0v) is 13.6. The molecule has 7 heteroatoms. The topological polar surface area (TPSA) is 46.6 Å². The van der Waals surface area contributed by atoms with Crippen LogP contribution in [-0.2, 0) is 9.59 Å². The molecule has 3 rings (SSSR count). The van der Waals surface area contributed by atoms with Gasteiger partial charge >= 0.3 is 5.97 Å². The highest BCUT2D eigenvalue weighted by Gasteiger charge is 2.53. The van der Waals surface area contributed by atoms with E-state index >= 15 is 0 Å². The molecule has 112 valence electrons. The Kier molecular flexibility index (Phi) is 3.84. The molecule has 21 heavy (non-hydrogen) atoms. The molecule has 0 N–H and O–H groups in total. The number of amides is 1. The van der Waals surface area contributed by atoms with Crippen LogP contribution in [0.4, 0.5) is 0 Å². The second kappa shape index (κ2) is 5.38. The molecule has 2 atom stereocenters. The third-order valence-electron chi connectivity index (χ3n) is 3.82. The zero-order valence-electron chi connectivity index (χ0n) is 11.3. The van der Waals surface area contributed by atoms with E-state index in [2.05, 4.69) is 0 Å². The molecule has 0 radical (unpaired) electrons. The molecule has 4 nitrogen and oxygen atoms in total. The predicted octanol–water partition coefficient (Wildman–Crippen LogP) is 3.35. The number of thioether (sulfide) groups is 1. The summed E-state index contributed by atoms with van der Waals surface area (Å²) in [6.07, 6.45) is 1.25. The van der Waals surface area contributed by atoms with E-state index < -0.39 is 12.0 Å². The van der Waals surface area contributed by atoms with Crippen molar-refractivity contribution in [3.05, 3.63) is 28.2 Å². The summed E-state index contributed by atoms with van der Waals surface area (Å²) < 4.78 is 5.35. The van der Waals surface area contributed by atoms with Gasteiger partial charge in [0.2, 0.25) is 5.91 Å². The first-order chi connectivity index (χ1) is 9.90. The summed E-state index contributed by atoms with van der Waals surface area (Å²) in [5, 5.41) is 0.746. The molecular weight excluding hydrogens is 333 g/mol. The lowest BCUT2D eigenvalue weighted by Gasteiger charge is -2.29. The Morgan fingerprint density at radius 1 is 1.48 bits per heavy atom. The largest absolute Gasteiger partial charge is 0.423 e. The molecule has 1 aromatic carbocycles. The molecule has 1 aromatic rings. The third kappa shape index (κ3) is 2.62. The van der Waals surface area contributed by atoms with Gasteiger partial charge in [-0.2, -0.15) is 0 Å². The summed E-state index contributed by atoms with van der Waals surface area (Å²) in [5.74, 6) is 0.361. The number of hydrogen-bond acceptors (Lipinski definition) is 4. The van der Waals surface area contributed by atoms with Gasteiger partial charge in [-0.15, -0.1) is 11.8 Å². The second-order valence-electron chi connectivity index (χ2n) is 5.26. The number of benzene rings is 1. The summed E-state index contributed by atoms with van der Waals surface area (Å²) in [6.45, 7) is 1.99.